The van der Waals surface area contributed by atoms with Crippen LogP contribution in [0.15, 0.2) is 12.1 Å². The Kier molecular flexibility index (Phi) is 4.18. The third-order valence-electron chi connectivity index (χ3n) is 1.87. The molecule has 0 bridgehead atoms. The molecule has 0 saturated carbocycles. The fraction of sp³-hybridized carbons (Fsp3) is 0.333. The summed E-state index contributed by atoms with van der Waals surface area (Å²) in [6.45, 7) is 3.96. The van der Waals surface area contributed by atoms with E-state index >= 15 is 0 Å². The van der Waals surface area contributed by atoms with Crippen molar-refractivity contribution in [3.05, 3.63) is 33.8 Å². The van der Waals surface area contributed by atoms with Crippen LogP contribution in [-0.4, -0.2) is 6.00 Å². The van der Waals surface area contributed by atoms with E-state index in [0.717, 1.165) is 21.7 Å². The molecule has 1 aromatic rings. The van der Waals surface area contributed by atoms with Crippen LogP contribution in [0.25, 0.3) is 0 Å². The van der Waals surface area contributed by atoms with Gasteiger partial charge in [-0.2, -0.15) is 0 Å². The highest BCUT2D eigenvalue weighted by Crippen LogP contribution is 2.30. The van der Waals surface area contributed by atoms with Crippen molar-refractivity contribution >= 4 is 50.8 Å². The first-order valence-corrected chi connectivity index (χ1v) is 9.74. The van der Waals surface area contributed by atoms with Crippen LogP contribution in [0.4, 0.5) is 0 Å². The topological polar surface area (TPSA) is 0 Å². The zero-order chi connectivity index (χ0) is 10.9. The van der Waals surface area contributed by atoms with Gasteiger partial charge in [0.25, 0.3) is 0 Å². The molecule has 0 aliphatic carbocycles. The molecule has 0 spiro atoms. The highest BCUT2D eigenvalue weighted by atomic mass is 35.8. The van der Waals surface area contributed by atoms with E-state index in [1.807, 2.05) is 26.0 Å². The van der Waals surface area contributed by atoms with Crippen molar-refractivity contribution in [3.63, 3.8) is 0 Å². The maximum atomic E-state index is 6.12. The maximum absolute atomic E-state index is 6.12. The summed E-state index contributed by atoms with van der Waals surface area (Å²) in [5.41, 5.74) is 3.12. The van der Waals surface area contributed by atoms with Gasteiger partial charge in [-0.25, -0.2) is 0 Å². The number of halogens is 4. The molecule has 5 heteroatoms. The average molecular weight is 288 g/mol. The highest BCUT2D eigenvalue weighted by molar-refractivity contribution is 7.64. The SMILES string of the molecule is Cc1cc(C)c(Cl)c(C[Si](Cl)(Cl)Cl)c1. The van der Waals surface area contributed by atoms with Gasteiger partial charge in [0.2, 0.25) is 0 Å². The Morgan fingerprint density at radius 2 is 1.71 bits per heavy atom. The molecule has 0 fully saturated rings. The third-order valence-corrected chi connectivity index (χ3v) is 4.39. The minimum atomic E-state index is -2.64. The predicted molar refractivity (Wildman–Crippen MR) is 67.9 cm³/mol. The van der Waals surface area contributed by atoms with E-state index in [0.29, 0.717) is 6.04 Å². The Labute approximate surface area is 104 Å². The second-order valence-electron chi connectivity index (χ2n) is 3.35. The summed E-state index contributed by atoms with van der Waals surface area (Å²) in [4.78, 5) is 0. The first-order chi connectivity index (χ1) is 6.29. The van der Waals surface area contributed by atoms with Gasteiger partial charge in [-0.15, -0.1) is 33.2 Å². The van der Waals surface area contributed by atoms with Crippen LogP contribution in [-0.2, 0) is 6.04 Å². The monoisotopic (exact) mass is 286 g/mol. The Hall–Kier alpha value is 0.597. The Balaban J connectivity index is 3.09. The molecule has 0 aromatic heterocycles. The van der Waals surface area contributed by atoms with Gasteiger partial charge in [-0.1, -0.05) is 29.3 Å². The van der Waals surface area contributed by atoms with Gasteiger partial charge in [-0.3, -0.25) is 0 Å². The summed E-state index contributed by atoms with van der Waals surface area (Å²) in [5, 5.41) is 0.717. The predicted octanol–water partition coefficient (Wildman–Crippen LogP) is 4.69. The molecule has 14 heavy (non-hydrogen) atoms. The van der Waals surface area contributed by atoms with Gasteiger partial charge in [0.1, 0.15) is 0 Å². The van der Waals surface area contributed by atoms with Crippen LogP contribution in [0.5, 0.6) is 0 Å². The lowest BCUT2D eigenvalue weighted by Crippen LogP contribution is -2.15. The van der Waals surface area contributed by atoms with Crippen molar-refractivity contribution in [2.24, 2.45) is 0 Å². The summed E-state index contributed by atoms with van der Waals surface area (Å²) >= 11 is 23.7. The normalized spacial score (nSPS) is 11.9. The molecule has 0 aliphatic heterocycles. The molecule has 0 saturated heterocycles. The van der Waals surface area contributed by atoms with Crippen molar-refractivity contribution in [1.29, 1.82) is 0 Å². The van der Waals surface area contributed by atoms with Crippen molar-refractivity contribution in [2.45, 2.75) is 19.9 Å². The molecule has 78 valence electrons. The van der Waals surface area contributed by atoms with E-state index in [4.69, 9.17) is 44.8 Å². The summed E-state index contributed by atoms with van der Waals surface area (Å²) in [6, 6.07) is 1.82. The van der Waals surface area contributed by atoms with Crippen LogP contribution in [0.2, 0.25) is 5.02 Å². The summed E-state index contributed by atoms with van der Waals surface area (Å²) in [6.07, 6.45) is 0. The molecule has 0 nitrogen and oxygen atoms in total. The fourth-order valence-corrected chi connectivity index (χ4v) is 3.68. The van der Waals surface area contributed by atoms with Crippen LogP contribution in [0.3, 0.4) is 0 Å². The van der Waals surface area contributed by atoms with Gasteiger partial charge >= 0.3 is 6.00 Å². The smallest absolute Gasteiger partial charge is 0.126 e. The fourth-order valence-electron chi connectivity index (χ4n) is 1.38. The van der Waals surface area contributed by atoms with Crippen molar-refractivity contribution in [2.75, 3.05) is 0 Å². The molecule has 0 unspecified atom stereocenters. The van der Waals surface area contributed by atoms with Gasteiger partial charge in [0.15, 0.2) is 0 Å². The second kappa shape index (κ2) is 4.63. The maximum Gasteiger partial charge on any atom is 0.345 e. The molecule has 1 rings (SSSR count). The van der Waals surface area contributed by atoms with Crippen LogP contribution < -0.4 is 0 Å². The Morgan fingerprint density at radius 1 is 1.14 bits per heavy atom. The number of hydrogen-bond acceptors (Lipinski definition) is 0. The first kappa shape index (κ1) is 12.7. The van der Waals surface area contributed by atoms with E-state index < -0.39 is 6.00 Å². The zero-order valence-corrected chi connectivity index (χ0v) is 11.9. The molecular weight excluding hydrogens is 278 g/mol. The summed E-state index contributed by atoms with van der Waals surface area (Å²) in [5.74, 6) is 0. The molecule has 1 aromatic carbocycles. The van der Waals surface area contributed by atoms with E-state index in [1.54, 1.807) is 0 Å². The lowest BCUT2D eigenvalue weighted by Gasteiger charge is -2.12. The van der Waals surface area contributed by atoms with Crippen molar-refractivity contribution in [1.82, 2.24) is 0 Å². The van der Waals surface area contributed by atoms with Gasteiger partial charge in [0, 0.05) is 11.1 Å². The zero-order valence-electron chi connectivity index (χ0n) is 7.87. The lowest BCUT2D eigenvalue weighted by atomic mass is 10.1. The molecule has 0 N–H and O–H groups in total. The number of aryl methyl sites for hydroxylation is 2. The highest BCUT2D eigenvalue weighted by Gasteiger charge is 2.26. The second-order valence-corrected chi connectivity index (χ2v) is 12.9. The lowest BCUT2D eigenvalue weighted by molar-refractivity contribution is 1.29. The number of benzene rings is 1. The molecule has 0 heterocycles. The molecule has 0 aliphatic rings. The van der Waals surface area contributed by atoms with Gasteiger partial charge in [0.05, 0.1) is 0 Å². The number of hydrogen-bond donors (Lipinski definition) is 0. The first-order valence-electron chi connectivity index (χ1n) is 4.12. The average Bonchev–Trinajstić information content (AvgIpc) is 1.96. The summed E-state index contributed by atoms with van der Waals surface area (Å²) in [7, 11) is 0. The van der Waals surface area contributed by atoms with Gasteiger partial charge < -0.3 is 0 Å². The number of rotatable bonds is 2. The van der Waals surface area contributed by atoms with E-state index in [-0.39, 0.29) is 0 Å². The van der Waals surface area contributed by atoms with E-state index in [2.05, 4.69) is 0 Å². The van der Waals surface area contributed by atoms with Crippen molar-refractivity contribution in [3.8, 4) is 0 Å². The van der Waals surface area contributed by atoms with E-state index in [1.165, 1.54) is 0 Å². The standard InChI is InChI=1S/C9H10Cl4Si/c1-6-3-7(2)9(10)8(4-6)5-14(11,12)13/h3-4H,5H2,1-2H3. The minimum Gasteiger partial charge on any atom is -0.126 e. The van der Waals surface area contributed by atoms with E-state index in [9.17, 15) is 0 Å². The molecular formula is C9H10Cl4Si. The quantitative estimate of drug-likeness (QED) is 0.547. The largest absolute Gasteiger partial charge is 0.345 e. The van der Waals surface area contributed by atoms with Crippen LogP contribution in [0.1, 0.15) is 16.7 Å². The Bertz CT molecular complexity index is 343. The van der Waals surface area contributed by atoms with Crippen LogP contribution in [0, 0.1) is 13.8 Å². The van der Waals surface area contributed by atoms with Crippen LogP contribution >= 0.6 is 44.8 Å². The Morgan fingerprint density at radius 3 is 2.21 bits per heavy atom. The molecule has 0 amide bonds. The third kappa shape index (κ3) is 3.63. The molecule has 0 radical (unpaired) electrons. The molecule has 0 atom stereocenters. The minimum absolute atomic E-state index is 0.471. The van der Waals surface area contributed by atoms with Gasteiger partial charge in [-0.05, 0) is 25.0 Å². The summed E-state index contributed by atoms with van der Waals surface area (Å²) < 4.78 is 0. The van der Waals surface area contributed by atoms with Crippen molar-refractivity contribution < 1.29 is 0 Å².